The Morgan fingerprint density at radius 1 is 1.29 bits per heavy atom. The number of piperazine rings is 1. The molecule has 1 unspecified atom stereocenters. The maximum absolute atomic E-state index is 14.1. The van der Waals surface area contributed by atoms with Gasteiger partial charge in [0.05, 0.1) is 45.4 Å². The highest BCUT2D eigenvalue weighted by Crippen LogP contribution is 2.45. The smallest absolute Gasteiger partial charge is 0.417 e. The lowest BCUT2D eigenvalue weighted by Crippen LogP contribution is -2.58. The zero-order valence-corrected chi connectivity index (χ0v) is 21.8. The van der Waals surface area contributed by atoms with Crippen LogP contribution >= 0.6 is 23.4 Å². The second kappa shape index (κ2) is 10.9. The lowest BCUT2D eigenvalue weighted by atomic mass is 10.1. The molecule has 0 saturated carbocycles. The van der Waals surface area contributed by atoms with E-state index in [1.165, 1.54) is 23.5 Å². The number of H-pyrrole nitrogens is 1. The van der Waals surface area contributed by atoms with Gasteiger partial charge in [-0.05, 0) is 19.9 Å². The van der Waals surface area contributed by atoms with Gasteiger partial charge in [0.15, 0.2) is 0 Å². The number of amides is 1. The number of aromatic amines is 1. The third kappa shape index (κ3) is 5.52. The van der Waals surface area contributed by atoms with E-state index < -0.39 is 46.5 Å². The van der Waals surface area contributed by atoms with Crippen molar-refractivity contribution in [1.29, 1.82) is 0 Å². The first kappa shape index (κ1) is 27.9. The number of nitrogens with zero attached hydrogens (tertiary/aromatic N) is 5. The van der Waals surface area contributed by atoms with E-state index in [4.69, 9.17) is 11.6 Å². The standard InChI is InChI=1S/C23H24ClF3N6O4S/c1-11-7-32(8-12(2)33(11)22(36)37)20-14-5-15(23(25,26)27)17(24)19(18(14)30-21(35)31-20)38-10-13(9-34)16-6-28-3-4-29-16/h3-6,11-13,34H,7-10H2,1-2H3,(H,36,37)(H,30,31,35)/t11-,12+,13?. The molecular weight excluding hydrogens is 549 g/mol. The number of nitrogens with one attached hydrogen (secondary N) is 1. The topological polar surface area (TPSA) is 136 Å². The molecule has 3 N–H and O–H groups in total. The van der Waals surface area contributed by atoms with Crippen LogP contribution in [-0.2, 0) is 6.18 Å². The van der Waals surface area contributed by atoms with E-state index in [0.29, 0.717) is 5.69 Å². The van der Waals surface area contributed by atoms with E-state index in [2.05, 4.69) is 19.9 Å². The number of carboxylic acid groups (broad SMARTS) is 1. The lowest BCUT2D eigenvalue weighted by Gasteiger charge is -2.43. The summed E-state index contributed by atoms with van der Waals surface area (Å²) in [6, 6.07) is -0.161. The molecular formula is C23H24ClF3N6O4S. The van der Waals surface area contributed by atoms with E-state index in [1.54, 1.807) is 18.7 Å². The third-order valence-corrected chi connectivity index (χ3v) is 8.07. The average Bonchev–Trinajstić information content (AvgIpc) is 2.84. The third-order valence-electron chi connectivity index (χ3n) is 6.30. The van der Waals surface area contributed by atoms with E-state index in [9.17, 15) is 33.0 Å². The molecule has 1 amide bonds. The van der Waals surface area contributed by atoms with Crippen molar-refractivity contribution in [2.24, 2.45) is 0 Å². The Morgan fingerprint density at radius 3 is 2.53 bits per heavy atom. The molecule has 1 fully saturated rings. The van der Waals surface area contributed by atoms with E-state index in [0.717, 1.165) is 17.8 Å². The average molecular weight is 573 g/mol. The molecule has 1 aliphatic heterocycles. The predicted octanol–water partition coefficient (Wildman–Crippen LogP) is 3.83. The van der Waals surface area contributed by atoms with Crippen molar-refractivity contribution in [3.05, 3.63) is 51.4 Å². The number of fused-ring (bicyclic) bond motifs is 1. The van der Waals surface area contributed by atoms with Crippen LogP contribution in [0.3, 0.4) is 0 Å². The fourth-order valence-electron chi connectivity index (χ4n) is 4.62. The fourth-order valence-corrected chi connectivity index (χ4v) is 6.22. The lowest BCUT2D eigenvalue weighted by molar-refractivity contribution is -0.137. The van der Waals surface area contributed by atoms with Crippen LogP contribution in [0.5, 0.6) is 0 Å². The molecule has 15 heteroatoms. The summed E-state index contributed by atoms with van der Waals surface area (Å²) in [5, 5.41) is 18.8. The van der Waals surface area contributed by atoms with Crippen molar-refractivity contribution in [2.75, 3.05) is 30.3 Å². The van der Waals surface area contributed by atoms with Crippen LogP contribution in [0.25, 0.3) is 10.9 Å². The van der Waals surface area contributed by atoms with Crippen molar-refractivity contribution in [1.82, 2.24) is 24.8 Å². The summed E-state index contributed by atoms with van der Waals surface area (Å²) in [4.78, 5) is 41.7. The SMILES string of the molecule is C[C@@H]1CN(c2nc(=O)[nH]c3c(SCC(CO)c4cnccn4)c(Cl)c(C(F)(F)F)cc23)C[C@H](C)N1C(=O)O. The van der Waals surface area contributed by atoms with Crippen LogP contribution in [0.1, 0.15) is 31.0 Å². The normalized spacial score (nSPS) is 19.1. The second-order valence-electron chi connectivity index (χ2n) is 8.97. The monoisotopic (exact) mass is 572 g/mol. The Balaban J connectivity index is 1.83. The molecule has 3 atom stereocenters. The van der Waals surface area contributed by atoms with Crippen LogP contribution in [0, 0.1) is 0 Å². The van der Waals surface area contributed by atoms with Crippen molar-refractivity contribution in [2.45, 2.75) is 42.9 Å². The van der Waals surface area contributed by atoms with Gasteiger partial charge in [-0.1, -0.05) is 11.6 Å². The number of anilines is 1. The van der Waals surface area contributed by atoms with Crippen molar-refractivity contribution in [3.8, 4) is 0 Å². The first-order valence-electron chi connectivity index (χ1n) is 11.5. The number of aliphatic hydroxyl groups excluding tert-OH is 1. The number of halogens is 4. The molecule has 0 bridgehead atoms. The minimum Gasteiger partial charge on any atom is -0.465 e. The van der Waals surface area contributed by atoms with E-state index in [1.807, 2.05) is 0 Å². The Hall–Kier alpha value is -3.10. The largest absolute Gasteiger partial charge is 0.465 e. The number of aromatic nitrogens is 4. The van der Waals surface area contributed by atoms with Crippen LogP contribution < -0.4 is 10.6 Å². The van der Waals surface area contributed by atoms with E-state index >= 15 is 0 Å². The fraction of sp³-hybridized carbons (Fsp3) is 0.435. The molecule has 1 aromatic carbocycles. The molecule has 204 valence electrons. The number of benzene rings is 1. The Morgan fingerprint density at radius 2 is 1.97 bits per heavy atom. The van der Waals surface area contributed by atoms with Crippen LogP contribution in [0.15, 0.2) is 34.3 Å². The summed E-state index contributed by atoms with van der Waals surface area (Å²) in [5.41, 5.74) is -1.38. The van der Waals surface area contributed by atoms with Gasteiger partial charge in [0.25, 0.3) is 0 Å². The molecule has 0 aliphatic carbocycles. The molecule has 2 aromatic heterocycles. The van der Waals surface area contributed by atoms with Gasteiger partial charge in [-0.25, -0.2) is 9.59 Å². The van der Waals surface area contributed by atoms with E-state index in [-0.39, 0.29) is 47.1 Å². The Bertz CT molecular complexity index is 1380. The minimum absolute atomic E-state index is 0.00383. The highest BCUT2D eigenvalue weighted by Gasteiger charge is 2.38. The first-order valence-corrected chi connectivity index (χ1v) is 12.9. The highest BCUT2D eigenvalue weighted by molar-refractivity contribution is 7.99. The number of hydrogen-bond donors (Lipinski definition) is 3. The summed E-state index contributed by atoms with van der Waals surface area (Å²) < 4.78 is 42.2. The van der Waals surface area contributed by atoms with Crippen LogP contribution in [-0.4, -0.2) is 78.7 Å². The highest BCUT2D eigenvalue weighted by atomic mass is 35.5. The Kier molecular flexibility index (Phi) is 8.04. The van der Waals surface area contributed by atoms with Gasteiger partial charge >= 0.3 is 18.0 Å². The van der Waals surface area contributed by atoms with Gasteiger partial charge < -0.3 is 20.1 Å². The summed E-state index contributed by atoms with van der Waals surface area (Å²) in [7, 11) is 0. The summed E-state index contributed by atoms with van der Waals surface area (Å²) >= 11 is 7.22. The maximum Gasteiger partial charge on any atom is 0.417 e. The van der Waals surface area contributed by atoms with Gasteiger partial charge in [-0.15, -0.1) is 11.8 Å². The second-order valence-corrected chi connectivity index (χ2v) is 10.4. The zero-order valence-electron chi connectivity index (χ0n) is 20.2. The molecule has 4 rings (SSSR count). The summed E-state index contributed by atoms with van der Waals surface area (Å²) in [5.74, 6) is -0.464. The number of aliphatic hydroxyl groups is 1. The van der Waals surface area contributed by atoms with Gasteiger partial charge in [-0.3, -0.25) is 14.9 Å². The minimum atomic E-state index is -4.81. The van der Waals surface area contributed by atoms with Gasteiger partial charge in [-0.2, -0.15) is 18.2 Å². The van der Waals surface area contributed by atoms with Crippen LogP contribution in [0.4, 0.5) is 23.8 Å². The predicted molar refractivity (Wildman–Crippen MR) is 136 cm³/mol. The number of rotatable bonds is 6. The maximum atomic E-state index is 14.1. The molecule has 10 nitrogen and oxygen atoms in total. The molecule has 38 heavy (non-hydrogen) atoms. The van der Waals surface area contributed by atoms with Crippen molar-refractivity contribution < 1.29 is 28.2 Å². The van der Waals surface area contributed by atoms with Crippen molar-refractivity contribution in [3.63, 3.8) is 0 Å². The summed E-state index contributed by atoms with van der Waals surface area (Å²) in [6.07, 6.45) is -1.57. The van der Waals surface area contributed by atoms with Crippen molar-refractivity contribution >= 4 is 46.2 Å². The quantitative estimate of drug-likeness (QED) is 0.376. The number of carbonyl (C=O) groups is 1. The van der Waals surface area contributed by atoms with Gasteiger partial charge in [0.1, 0.15) is 5.82 Å². The molecule has 0 radical (unpaired) electrons. The molecule has 3 heterocycles. The van der Waals surface area contributed by atoms with Gasteiger partial charge in [0.2, 0.25) is 0 Å². The molecule has 0 spiro atoms. The van der Waals surface area contributed by atoms with Gasteiger partial charge in [0, 0.05) is 48.7 Å². The first-order chi connectivity index (χ1) is 17.9. The molecule has 1 saturated heterocycles. The number of hydrogen-bond acceptors (Lipinski definition) is 8. The molecule has 1 aliphatic rings. The Labute approximate surface area is 223 Å². The summed E-state index contributed by atoms with van der Waals surface area (Å²) in [6.45, 7) is 3.24. The number of alkyl halides is 3. The zero-order chi connectivity index (χ0) is 27.8. The van der Waals surface area contributed by atoms with Crippen LogP contribution in [0.2, 0.25) is 5.02 Å². The molecule has 3 aromatic rings. The number of thioether (sulfide) groups is 1.